The summed E-state index contributed by atoms with van der Waals surface area (Å²) in [5.74, 6) is 7.03. The fraction of sp³-hybridized carbons (Fsp3) is 0.647. The second-order valence-corrected chi connectivity index (χ2v) is 9.97. The van der Waals surface area contributed by atoms with Crippen molar-refractivity contribution in [3.8, 4) is 0 Å². The van der Waals surface area contributed by atoms with Gasteiger partial charge in [-0.25, -0.2) is 0 Å². The summed E-state index contributed by atoms with van der Waals surface area (Å²) in [5, 5.41) is 1.94. The Morgan fingerprint density at radius 1 is 1.14 bits per heavy atom. The summed E-state index contributed by atoms with van der Waals surface area (Å²) in [6.07, 6.45) is 0. The molecule has 3 N–H and O–H groups in total. The Morgan fingerprint density at radius 3 is 2.24 bits per heavy atom. The van der Waals surface area contributed by atoms with Crippen LogP contribution >= 0.6 is 23.5 Å². The zero-order chi connectivity index (χ0) is 15.6. The molecule has 4 atom stereocenters. The number of benzene rings is 1. The molecule has 0 bridgehead atoms. The Bertz CT molecular complexity index is 453. The Morgan fingerprint density at radius 2 is 1.76 bits per heavy atom. The summed E-state index contributed by atoms with van der Waals surface area (Å²) in [4.78, 5) is 0. The quantitative estimate of drug-likeness (QED) is 0.648. The van der Waals surface area contributed by atoms with Crippen molar-refractivity contribution in [1.29, 1.82) is 0 Å². The van der Waals surface area contributed by atoms with Crippen LogP contribution in [0.2, 0.25) is 0 Å². The predicted molar refractivity (Wildman–Crippen MR) is 98.0 cm³/mol. The van der Waals surface area contributed by atoms with E-state index in [9.17, 15) is 0 Å². The summed E-state index contributed by atoms with van der Waals surface area (Å²) in [6, 6.07) is 9.18. The van der Waals surface area contributed by atoms with E-state index in [4.69, 9.17) is 5.84 Å². The van der Waals surface area contributed by atoms with E-state index >= 15 is 0 Å². The highest BCUT2D eigenvalue weighted by Gasteiger charge is 2.31. The number of hydrazine groups is 1. The van der Waals surface area contributed by atoms with E-state index in [0.29, 0.717) is 10.5 Å². The third-order valence-electron chi connectivity index (χ3n) is 4.26. The van der Waals surface area contributed by atoms with Gasteiger partial charge in [0.1, 0.15) is 0 Å². The Balaban J connectivity index is 2.14. The SMILES string of the molecule is CC1SCC(C(NN)c2ccc(C(C)(C)C)cc2)SC1C. The van der Waals surface area contributed by atoms with E-state index in [-0.39, 0.29) is 11.5 Å². The standard InChI is InChI=1S/C17H28N2S2/c1-11-12(2)21-15(10-20-11)16(19-18)13-6-8-14(9-7-13)17(3,4)5/h6-9,11-12,15-16,19H,10,18H2,1-5H3. The van der Waals surface area contributed by atoms with E-state index in [2.05, 4.69) is 87.8 Å². The van der Waals surface area contributed by atoms with Crippen molar-refractivity contribution in [2.75, 3.05) is 5.75 Å². The molecular formula is C17H28N2S2. The molecule has 0 aliphatic carbocycles. The van der Waals surface area contributed by atoms with Gasteiger partial charge in [0.05, 0.1) is 6.04 Å². The number of hydrogen-bond donors (Lipinski definition) is 2. The van der Waals surface area contributed by atoms with Crippen LogP contribution in [0.1, 0.15) is 51.8 Å². The normalized spacial score (nSPS) is 28.4. The number of nitrogens with one attached hydrogen (secondary N) is 1. The van der Waals surface area contributed by atoms with Gasteiger partial charge in [0, 0.05) is 21.5 Å². The van der Waals surface area contributed by atoms with Crippen LogP contribution in [0.4, 0.5) is 0 Å². The maximum Gasteiger partial charge on any atom is 0.0586 e. The number of rotatable bonds is 3. The van der Waals surface area contributed by atoms with Gasteiger partial charge in [0.2, 0.25) is 0 Å². The van der Waals surface area contributed by atoms with Gasteiger partial charge in [-0.05, 0) is 16.5 Å². The largest absolute Gasteiger partial charge is 0.271 e. The first kappa shape index (κ1) is 17.2. The summed E-state index contributed by atoms with van der Waals surface area (Å²) in [6.45, 7) is 11.4. The number of hydrogen-bond acceptors (Lipinski definition) is 4. The third-order valence-corrected chi connectivity index (χ3v) is 7.76. The van der Waals surface area contributed by atoms with Crippen molar-refractivity contribution in [3.63, 3.8) is 0 Å². The molecule has 1 fully saturated rings. The Labute approximate surface area is 138 Å². The molecular weight excluding hydrogens is 296 g/mol. The molecule has 0 amide bonds. The van der Waals surface area contributed by atoms with Crippen molar-refractivity contribution in [2.24, 2.45) is 5.84 Å². The first-order valence-electron chi connectivity index (χ1n) is 7.66. The first-order valence-corrected chi connectivity index (χ1v) is 9.65. The van der Waals surface area contributed by atoms with Gasteiger partial charge < -0.3 is 0 Å². The summed E-state index contributed by atoms with van der Waals surface area (Å²) in [5.41, 5.74) is 5.91. The maximum atomic E-state index is 5.87. The summed E-state index contributed by atoms with van der Waals surface area (Å²) < 4.78 is 0. The van der Waals surface area contributed by atoms with Crippen LogP contribution in [0.5, 0.6) is 0 Å². The molecule has 0 aromatic heterocycles. The topological polar surface area (TPSA) is 38.0 Å². The Kier molecular flexibility index (Phi) is 5.69. The lowest BCUT2D eigenvalue weighted by Gasteiger charge is -2.36. The van der Waals surface area contributed by atoms with E-state index in [0.717, 1.165) is 11.0 Å². The molecule has 1 aliphatic heterocycles. The van der Waals surface area contributed by atoms with Crippen molar-refractivity contribution in [2.45, 2.75) is 61.8 Å². The lowest BCUT2D eigenvalue weighted by atomic mass is 9.86. The average molecular weight is 325 g/mol. The molecule has 118 valence electrons. The molecule has 21 heavy (non-hydrogen) atoms. The second-order valence-electron chi connectivity index (χ2n) is 6.93. The van der Waals surface area contributed by atoms with E-state index in [1.807, 2.05) is 0 Å². The highest BCUT2D eigenvalue weighted by molar-refractivity contribution is 8.07. The molecule has 2 nitrogen and oxygen atoms in total. The van der Waals surface area contributed by atoms with Gasteiger partial charge in [-0.15, -0.1) is 0 Å². The van der Waals surface area contributed by atoms with Crippen LogP contribution in [0.25, 0.3) is 0 Å². The molecule has 4 heteroatoms. The zero-order valence-electron chi connectivity index (χ0n) is 13.7. The van der Waals surface area contributed by atoms with Gasteiger partial charge >= 0.3 is 0 Å². The van der Waals surface area contributed by atoms with Gasteiger partial charge in [-0.1, -0.05) is 58.9 Å². The average Bonchev–Trinajstić information content (AvgIpc) is 2.43. The molecule has 1 saturated heterocycles. The molecule has 1 aromatic carbocycles. The minimum Gasteiger partial charge on any atom is -0.271 e. The summed E-state index contributed by atoms with van der Waals surface area (Å²) in [7, 11) is 0. The van der Waals surface area contributed by atoms with Gasteiger partial charge in [-0.2, -0.15) is 23.5 Å². The maximum absolute atomic E-state index is 5.87. The fourth-order valence-electron chi connectivity index (χ4n) is 2.59. The fourth-order valence-corrected chi connectivity index (χ4v) is 5.69. The summed E-state index contributed by atoms with van der Waals surface area (Å²) >= 11 is 4.13. The lowest BCUT2D eigenvalue weighted by molar-refractivity contribution is 0.547. The van der Waals surface area contributed by atoms with Crippen LogP contribution < -0.4 is 11.3 Å². The molecule has 2 rings (SSSR count). The second kappa shape index (κ2) is 6.95. The number of thioether (sulfide) groups is 2. The van der Waals surface area contributed by atoms with E-state index < -0.39 is 0 Å². The molecule has 1 aromatic rings. The van der Waals surface area contributed by atoms with Crippen molar-refractivity contribution >= 4 is 23.5 Å². The van der Waals surface area contributed by atoms with Gasteiger partial charge in [-0.3, -0.25) is 11.3 Å². The predicted octanol–water partition coefficient (Wildman–Crippen LogP) is 4.11. The molecule has 1 heterocycles. The van der Waals surface area contributed by atoms with Crippen LogP contribution in [0, 0.1) is 0 Å². The van der Waals surface area contributed by atoms with Gasteiger partial charge in [0.15, 0.2) is 0 Å². The van der Waals surface area contributed by atoms with Gasteiger partial charge in [0.25, 0.3) is 0 Å². The van der Waals surface area contributed by atoms with E-state index in [1.54, 1.807) is 0 Å². The lowest BCUT2D eigenvalue weighted by Crippen LogP contribution is -2.40. The third kappa shape index (κ3) is 4.19. The molecule has 0 radical (unpaired) electrons. The smallest absolute Gasteiger partial charge is 0.0586 e. The Hall–Kier alpha value is -0.160. The number of nitrogens with two attached hydrogens (primary N) is 1. The zero-order valence-corrected chi connectivity index (χ0v) is 15.4. The minimum atomic E-state index is 0.198. The van der Waals surface area contributed by atoms with Crippen LogP contribution in [0.15, 0.2) is 24.3 Å². The van der Waals surface area contributed by atoms with Crippen LogP contribution in [0.3, 0.4) is 0 Å². The van der Waals surface area contributed by atoms with Crippen molar-refractivity contribution in [3.05, 3.63) is 35.4 Å². The first-order chi connectivity index (χ1) is 9.82. The molecule has 1 aliphatic rings. The highest BCUT2D eigenvalue weighted by atomic mass is 32.2. The van der Waals surface area contributed by atoms with Crippen LogP contribution in [-0.4, -0.2) is 21.5 Å². The van der Waals surface area contributed by atoms with Crippen LogP contribution in [-0.2, 0) is 5.41 Å². The highest BCUT2D eigenvalue weighted by Crippen LogP contribution is 2.41. The van der Waals surface area contributed by atoms with E-state index in [1.165, 1.54) is 11.1 Å². The van der Waals surface area contributed by atoms with Crippen molar-refractivity contribution < 1.29 is 0 Å². The molecule has 0 spiro atoms. The minimum absolute atomic E-state index is 0.198. The monoisotopic (exact) mass is 324 g/mol. The van der Waals surface area contributed by atoms with Crippen molar-refractivity contribution in [1.82, 2.24) is 5.43 Å². The molecule has 0 saturated carbocycles. The molecule has 4 unspecified atom stereocenters.